The van der Waals surface area contributed by atoms with Crippen LogP contribution in [0, 0.1) is 0 Å². The summed E-state index contributed by atoms with van der Waals surface area (Å²) in [7, 11) is 1.96. The van der Waals surface area contributed by atoms with Gasteiger partial charge < -0.3 is 4.74 Å². The summed E-state index contributed by atoms with van der Waals surface area (Å²) in [4.78, 5) is 15.6. The molecule has 20 heavy (non-hydrogen) atoms. The number of hydrogen-bond acceptors (Lipinski definition) is 4. The number of nitrogens with zero attached hydrogens (tertiary/aromatic N) is 1. The van der Waals surface area contributed by atoms with Gasteiger partial charge in [0, 0.05) is 11.4 Å². The fraction of sp³-hybridized carbons (Fsp3) is 0.312. The predicted molar refractivity (Wildman–Crippen MR) is 82.6 cm³/mol. The minimum atomic E-state index is 0.0908. The highest BCUT2D eigenvalue weighted by molar-refractivity contribution is 7.09. The molecule has 106 valence electrons. The van der Waals surface area contributed by atoms with E-state index in [1.807, 2.05) is 49.2 Å². The Morgan fingerprint density at radius 3 is 2.75 bits per heavy atom. The Morgan fingerprint density at radius 1 is 1.25 bits per heavy atom. The third-order valence-electron chi connectivity index (χ3n) is 2.91. The first kappa shape index (κ1) is 14.8. The van der Waals surface area contributed by atoms with Crippen LogP contribution in [0.25, 0.3) is 0 Å². The van der Waals surface area contributed by atoms with Crippen LogP contribution in [0.1, 0.15) is 22.2 Å². The largest absolute Gasteiger partial charge is 0.493 e. The molecule has 3 nitrogen and oxygen atoms in total. The molecule has 1 aromatic carbocycles. The van der Waals surface area contributed by atoms with Gasteiger partial charge in [-0.05, 0) is 37.6 Å². The topological polar surface area (TPSA) is 29.5 Å². The van der Waals surface area contributed by atoms with E-state index < -0.39 is 0 Å². The monoisotopic (exact) mass is 289 g/mol. The van der Waals surface area contributed by atoms with Crippen molar-refractivity contribution >= 4 is 17.1 Å². The molecule has 0 N–H and O–H groups in total. The van der Waals surface area contributed by atoms with Crippen LogP contribution in [-0.2, 0) is 6.54 Å². The number of carbonyl (C=O) groups excluding carboxylic acids is 1. The van der Waals surface area contributed by atoms with Gasteiger partial charge in [0.2, 0.25) is 0 Å². The second-order valence-electron chi connectivity index (χ2n) is 4.60. The molecule has 0 saturated heterocycles. The highest BCUT2D eigenvalue weighted by atomic mass is 32.1. The summed E-state index contributed by atoms with van der Waals surface area (Å²) < 4.78 is 5.51. The first-order valence-electron chi connectivity index (χ1n) is 6.66. The Balaban J connectivity index is 2.00. The summed E-state index contributed by atoms with van der Waals surface area (Å²) in [5.74, 6) is 0.762. The quantitative estimate of drug-likeness (QED) is 0.731. The zero-order chi connectivity index (χ0) is 14.4. The lowest BCUT2D eigenvalue weighted by Crippen LogP contribution is -2.25. The van der Waals surface area contributed by atoms with Crippen molar-refractivity contribution < 1.29 is 9.53 Å². The molecule has 0 aliphatic heterocycles. The number of para-hydroxylation sites is 1. The van der Waals surface area contributed by atoms with Gasteiger partial charge in [0.25, 0.3) is 0 Å². The molecule has 1 aromatic heterocycles. The van der Waals surface area contributed by atoms with Crippen LogP contribution in [0.3, 0.4) is 0 Å². The van der Waals surface area contributed by atoms with E-state index >= 15 is 0 Å². The molecule has 0 aliphatic rings. The number of ketones is 1. The van der Waals surface area contributed by atoms with Gasteiger partial charge in [-0.3, -0.25) is 9.69 Å². The van der Waals surface area contributed by atoms with Crippen LogP contribution in [0.2, 0.25) is 0 Å². The summed E-state index contributed by atoms with van der Waals surface area (Å²) >= 11 is 1.71. The third-order valence-corrected chi connectivity index (χ3v) is 3.77. The molecule has 4 heteroatoms. The smallest absolute Gasteiger partial charge is 0.180 e. The van der Waals surface area contributed by atoms with Crippen LogP contribution in [0.4, 0.5) is 0 Å². The molecule has 0 spiro atoms. The fourth-order valence-corrected chi connectivity index (χ4v) is 2.82. The van der Waals surface area contributed by atoms with E-state index in [4.69, 9.17) is 4.74 Å². The average Bonchev–Trinajstić information content (AvgIpc) is 2.92. The second-order valence-corrected chi connectivity index (χ2v) is 5.64. The zero-order valence-corrected chi connectivity index (χ0v) is 12.7. The normalized spacial score (nSPS) is 10.8. The first-order valence-corrected chi connectivity index (χ1v) is 7.54. The van der Waals surface area contributed by atoms with Crippen molar-refractivity contribution in [3.05, 3.63) is 52.2 Å². The van der Waals surface area contributed by atoms with Crippen LogP contribution >= 0.6 is 11.3 Å². The number of rotatable bonds is 7. The standard InChI is InChI=1S/C16H19NO2S/c1-3-19-16-9-5-4-8-14(16)15(18)12-17(2)11-13-7-6-10-20-13/h4-10H,3,11-12H2,1-2H3. The molecule has 0 amide bonds. The fourth-order valence-electron chi connectivity index (χ4n) is 2.03. The van der Waals surface area contributed by atoms with Gasteiger partial charge in [0.15, 0.2) is 5.78 Å². The van der Waals surface area contributed by atoms with E-state index in [0.29, 0.717) is 24.5 Å². The molecule has 0 atom stereocenters. The van der Waals surface area contributed by atoms with Crippen molar-refractivity contribution in [3.8, 4) is 5.75 Å². The Labute approximate surface area is 123 Å². The summed E-state index contributed by atoms with van der Waals surface area (Å²) in [5, 5.41) is 2.05. The molecule has 0 saturated carbocycles. The van der Waals surface area contributed by atoms with Gasteiger partial charge in [-0.2, -0.15) is 0 Å². The van der Waals surface area contributed by atoms with E-state index in [1.165, 1.54) is 4.88 Å². The number of likely N-dealkylation sites (N-methyl/N-ethyl adjacent to an activating group) is 1. The lowest BCUT2D eigenvalue weighted by atomic mass is 10.1. The van der Waals surface area contributed by atoms with Crippen molar-refractivity contribution in [1.82, 2.24) is 4.90 Å². The minimum absolute atomic E-state index is 0.0908. The minimum Gasteiger partial charge on any atom is -0.493 e. The van der Waals surface area contributed by atoms with Crippen LogP contribution < -0.4 is 4.74 Å². The number of ether oxygens (including phenoxy) is 1. The number of Topliss-reactive ketones (excluding diaryl/α,β-unsaturated/α-hetero) is 1. The van der Waals surface area contributed by atoms with Crippen molar-refractivity contribution in [2.24, 2.45) is 0 Å². The van der Waals surface area contributed by atoms with E-state index in [-0.39, 0.29) is 5.78 Å². The Morgan fingerprint density at radius 2 is 2.05 bits per heavy atom. The van der Waals surface area contributed by atoms with Gasteiger partial charge in [0.05, 0.1) is 18.7 Å². The zero-order valence-electron chi connectivity index (χ0n) is 11.8. The van der Waals surface area contributed by atoms with Gasteiger partial charge >= 0.3 is 0 Å². The number of carbonyl (C=O) groups is 1. The Bertz CT molecular complexity index is 551. The van der Waals surface area contributed by atoms with Gasteiger partial charge in [-0.1, -0.05) is 18.2 Å². The first-order chi connectivity index (χ1) is 9.70. The lowest BCUT2D eigenvalue weighted by molar-refractivity contribution is 0.0940. The molecule has 0 fully saturated rings. The number of thiophene rings is 1. The lowest BCUT2D eigenvalue weighted by Gasteiger charge is -2.16. The van der Waals surface area contributed by atoms with Gasteiger partial charge in [0.1, 0.15) is 5.75 Å². The van der Waals surface area contributed by atoms with E-state index in [1.54, 1.807) is 11.3 Å². The SMILES string of the molecule is CCOc1ccccc1C(=O)CN(C)Cc1cccs1. The number of hydrogen-bond donors (Lipinski definition) is 0. The second kappa shape index (κ2) is 7.22. The van der Waals surface area contributed by atoms with Crippen LogP contribution in [0.5, 0.6) is 5.75 Å². The molecule has 0 unspecified atom stereocenters. The van der Waals surface area contributed by atoms with Crippen molar-refractivity contribution in [1.29, 1.82) is 0 Å². The van der Waals surface area contributed by atoms with E-state index in [0.717, 1.165) is 6.54 Å². The predicted octanol–water partition coefficient (Wildman–Crippen LogP) is 3.46. The maximum absolute atomic E-state index is 12.4. The van der Waals surface area contributed by atoms with Crippen molar-refractivity contribution in [3.63, 3.8) is 0 Å². The molecule has 2 aromatic rings. The molecule has 1 heterocycles. The maximum Gasteiger partial charge on any atom is 0.180 e. The summed E-state index contributed by atoms with van der Waals surface area (Å²) in [6.45, 7) is 3.67. The molecule has 0 bridgehead atoms. The molecular weight excluding hydrogens is 270 g/mol. The average molecular weight is 289 g/mol. The van der Waals surface area contributed by atoms with Gasteiger partial charge in [-0.25, -0.2) is 0 Å². The molecular formula is C16H19NO2S. The Kier molecular flexibility index (Phi) is 5.32. The molecule has 2 rings (SSSR count). The maximum atomic E-state index is 12.4. The third kappa shape index (κ3) is 3.92. The highest BCUT2D eigenvalue weighted by Crippen LogP contribution is 2.19. The summed E-state index contributed by atoms with van der Waals surface area (Å²) in [6.07, 6.45) is 0. The van der Waals surface area contributed by atoms with Crippen molar-refractivity contribution in [2.45, 2.75) is 13.5 Å². The van der Waals surface area contributed by atoms with E-state index in [9.17, 15) is 4.79 Å². The number of benzene rings is 1. The Hall–Kier alpha value is -1.65. The molecule has 0 aliphatic carbocycles. The van der Waals surface area contributed by atoms with Crippen LogP contribution in [0.15, 0.2) is 41.8 Å². The van der Waals surface area contributed by atoms with Crippen molar-refractivity contribution in [2.75, 3.05) is 20.2 Å². The molecule has 0 radical (unpaired) electrons. The van der Waals surface area contributed by atoms with Crippen LogP contribution in [-0.4, -0.2) is 30.9 Å². The van der Waals surface area contributed by atoms with E-state index in [2.05, 4.69) is 11.4 Å². The highest BCUT2D eigenvalue weighted by Gasteiger charge is 2.14. The summed E-state index contributed by atoms with van der Waals surface area (Å²) in [5.41, 5.74) is 0.660. The van der Waals surface area contributed by atoms with Gasteiger partial charge in [-0.15, -0.1) is 11.3 Å². The summed E-state index contributed by atoms with van der Waals surface area (Å²) in [6, 6.07) is 11.5.